The number of aromatic nitrogens is 1. The van der Waals surface area contributed by atoms with Crippen molar-refractivity contribution in [2.24, 2.45) is 0 Å². The molecule has 3 rings (SSSR count). The number of benzene rings is 2. The van der Waals surface area contributed by atoms with Crippen molar-refractivity contribution < 1.29 is 4.79 Å². The smallest absolute Gasteiger partial charge is 0.319 e. The Bertz CT molecular complexity index is 795. The molecule has 1 aromatic heterocycles. The van der Waals surface area contributed by atoms with Crippen LogP contribution in [0.4, 0.5) is 16.2 Å². The van der Waals surface area contributed by atoms with Gasteiger partial charge in [0, 0.05) is 35.2 Å². The lowest BCUT2D eigenvalue weighted by Gasteiger charge is -2.09. The average Bonchev–Trinajstić information content (AvgIpc) is 2.67. The van der Waals surface area contributed by atoms with E-state index in [1.807, 2.05) is 66.7 Å². The summed E-state index contributed by atoms with van der Waals surface area (Å²) < 4.78 is 3.27. The summed E-state index contributed by atoms with van der Waals surface area (Å²) in [6.45, 7) is 0.438. The van der Waals surface area contributed by atoms with Crippen molar-refractivity contribution in [3.63, 3.8) is 0 Å². The van der Waals surface area contributed by atoms with Crippen LogP contribution < -0.4 is 15.4 Å². The first-order chi connectivity index (χ1) is 12.3. The van der Waals surface area contributed by atoms with Gasteiger partial charge in [0.1, 0.15) is 0 Å². The highest BCUT2D eigenvalue weighted by Gasteiger charge is 2.02. The van der Waals surface area contributed by atoms with Crippen molar-refractivity contribution in [1.29, 1.82) is 0 Å². The average molecular weight is 350 g/mol. The van der Waals surface area contributed by atoms with Gasteiger partial charge in [-0.1, -0.05) is 24.3 Å². The largest absolute Gasteiger partial charge is 0.334 e. The highest BCUT2D eigenvalue weighted by Crippen LogP contribution is 2.22. The highest BCUT2D eigenvalue weighted by atomic mass is 32.2. The van der Waals surface area contributed by atoms with E-state index in [-0.39, 0.29) is 6.03 Å². The molecule has 0 saturated heterocycles. The van der Waals surface area contributed by atoms with Crippen molar-refractivity contribution >= 4 is 29.4 Å². The van der Waals surface area contributed by atoms with Gasteiger partial charge in [-0.15, -0.1) is 0 Å². The first-order valence-corrected chi connectivity index (χ1v) is 8.63. The lowest BCUT2D eigenvalue weighted by molar-refractivity contribution is 0.251. The molecule has 3 aromatic rings. The van der Waals surface area contributed by atoms with Gasteiger partial charge >= 0.3 is 6.03 Å². The molecule has 0 aliphatic heterocycles. The molecular weight excluding hydrogens is 332 g/mol. The van der Waals surface area contributed by atoms with Crippen molar-refractivity contribution in [3.8, 4) is 0 Å². The fraction of sp³-hybridized carbons (Fsp3) is 0.0526. The normalized spacial score (nSPS) is 10.1. The number of anilines is 2. The summed E-state index contributed by atoms with van der Waals surface area (Å²) in [7, 11) is 0. The summed E-state index contributed by atoms with van der Waals surface area (Å²) in [4.78, 5) is 17.1. The second-order valence-corrected chi connectivity index (χ2v) is 6.14. The summed E-state index contributed by atoms with van der Waals surface area (Å²) in [5.41, 5.74) is 2.66. The lowest BCUT2D eigenvalue weighted by atomic mass is 10.3. The molecule has 0 saturated carbocycles. The van der Waals surface area contributed by atoms with Gasteiger partial charge in [-0.05, 0) is 60.0 Å². The molecule has 0 aliphatic rings. The molecule has 5 nitrogen and oxygen atoms in total. The molecule has 0 aliphatic carbocycles. The quantitative estimate of drug-likeness (QED) is 0.572. The zero-order valence-corrected chi connectivity index (χ0v) is 14.3. The van der Waals surface area contributed by atoms with Crippen molar-refractivity contribution in [2.45, 2.75) is 11.4 Å². The predicted molar refractivity (Wildman–Crippen MR) is 102 cm³/mol. The maximum atomic E-state index is 11.9. The number of carbonyl (C=O) groups excluding carboxylic acids is 1. The van der Waals surface area contributed by atoms with Crippen LogP contribution in [0, 0.1) is 0 Å². The second kappa shape index (κ2) is 8.75. The summed E-state index contributed by atoms with van der Waals surface area (Å²) in [5, 5.41) is 5.61. The van der Waals surface area contributed by atoms with E-state index in [4.69, 9.17) is 0 Å². The van der Waals surface area contributed by atoms with Crippen LogP contribution in [0.3, 0.4) is 0 Å². The minimum Gasteiger partial charge on any atom is -0.334 e. The van der Waals surface area contributed by atoms with Crippen molar-refractivity contribution in [2.75, 3.05) is 10.0 Å². The highest BCUT2D eigenvalue weighted by molar-refractivity contribution is 8.00. The van der Waals surface area contributed by atoms with Gasteiger partial charge in [-0.3, -0.25) is 4.98 Å². The van der Waals surface area contributed by atoms with E-state index in [0.29, 0.717) is 6.54 Å². The van der Waals surface area contributed by atoms with Gasteiger partial charge in [-0.25, -0.2) is 4.79 Å². The number of nitrogens with zero attached hydrogens (tertiary/aromatic N) is 1. The summed E-state index contributed by atoms with van der Waals surface area (Å²) in [5.74, 6) is 0. The Morgan fingerprint density at radius 1 is 0.920 bits per heavy atom. The Hall–Kier alpha value is -2.99. The number of carbonyl (C=O) groups is 1. The van der Waals surface area contributed by atoms with E-state index in [1.165, 1.54) is 0 Å². The SMILES string of the molecule is O=C(NCc1cccnc1)Nc1ccc(NSc2ccccc2)cc1. The van der Waals surface area contributed by atoms with Crippen molar-refractivity contribution in [3.05, 3.63) is 84.7 Å². The molecule has 0 radical (unpaired) electrons. The first kappa shape index (κ1) is 16.9. The Kier molecular flexibility index (Phi) is 5.90. The van der Waals surface area contributed by atoms with E-state index in [0.717, 1.165) is 21.8 Å². The van der Waals surface area contributed by atoms with E-state index < -0.39 is 0 Å². The summed E-state index contributed by atoms with van der Waals surface area (Å²) >= 11 is 1.54. The third-order valence-corrected chi connectivity index (χ3v) is 4.19. The molecule has 0 bridgehead atoms. The van der Waals surface area contributed by atoms with Gasteiger partial charge in [0.05, 0.1) is 0 Å². The van der Waals surface area contributed by atoms with Gasteiger partial charge in [0.25, 0.3) is 0 Å². The van der Waals surface area contributed by atoms with E-state index in [1.54, 1.807) is 24.3 Å². The van der Waals surface area contributed by atoms with Crippen LogP contribution in [0.25, 0.3) is 0 Å². The molecule has 0 spiro atoms. The van der Waals surface area contributed by atoms with Crippen LogP contribution in [-0.4, -0.2) is 11.0 Å². The molecule has 0 fully saturated rings. The Morgan fingerprint density at radius 2 is 1.68 bits per heavy atom. The van der Waals surface area contributed by atoms with E-state index in [9.17, 15) is 4.79 Å². The lowest BCUT2D eigenvalue weighted by Crippen LogP contribution is -2.28. The molecule has 126 valence electrons. The number of pyridine rings is 1. The number of nitrogens with one attached hydrogen (secondary N) is 3. The zero-order valence-electron chi connectivity index (χ0n) is 13.5. The molecule has 3 N–H and O–H groups in total. The van der Waals surface area contributed by atoms with Gasteiger partial charge in [0.2, 0.25) is 0 Å². The molecule has 6 heteroatoms. The zero-order chi connectivity index (χ0) is 17.3. The van der Waals surface area contributed by atoms with Gasteiger partial charge < -0.3 is 15.4 Å². The van der Waals surface area contributed by atoms with Crippen LogP contribution in [-0.2, 0) is 6.54 Å². The number of rotatable bonds is 6. The minimum atomic E-state index is -0.247. The molecule has 2 aromatic carbocycles. The monoisotopic (exact) mass is 350 g/mol. The van der Waals surface area contributed by atoms with Crippen LogP contribution >= 0.6 is 11.9 Å². The van der Waals surface area contributed by atoms with E-state index >= 15 is 0 Å². The number of hydrogen-bond acceptors (Lipinski definition) is 4. The second-order valence-electron chi connectivity index (χ2n) is 5.26. The number of amides is 2. The third kappa shape index (κ3) is 5.54. The molecule has 2 amide bonds. The van der Waals surface area contributed by atoms with E-state index in [2.05, 4.69) is 20.3 Å². The molecule has 1 heterocycles. The fourth-order valence-corrected chi connectivity index (χ4v) is 2.75. The molecule has 0 unspecified atom stereocenters. The van der Waals surface area contributed by atoms with Crippen LogP contribution in [0.2, 0.25) is 0 Å². The van der Waals surface area contributed by atoms with Crippen LogP contribution in [0.15, 0.2) is 84.0 Å². The Balaban J connectivity index is 1.46. The molecular formula is C19H18N4OS. The first-order valence-electron chi connectivity index (χ1n) is 7.81. The minimum absolute atomic E-state index is 0.247. The summed E-state index contributed by atoms with van der Waals surface area (Å²) in [6, 6.07) is 21.1. The maximum absolute atomic E-state index is 11.9. The number of urea groups is 1. The van der Waals surface area contributed by atoms with Gasteiger partial charge in [0.15, 0.2) is 0 Å². The Labute approximate surface area is 151 Å². The maximum Gasteiger partial charge on any atom is 0.319 e. The van der Waals surface area contributed by atoms with Crippen molar-refractivity contribution in [1.82, 2.24) is 10.3 Å². The third-order valence-electron chi connectivity index (χ3n) is 3.35. The molecule has 0 atom stereocenters. The standard InChI is InChI=1S/C19H18N4OS/c24-19(21-14-15-5-4-12-20-13-15)22-16-8-10-17(11-9-16)23-25-18-6-2-1-3-7-18/h1-13,23H,14H2,(H2,21,22,24). The Morgan fingerprint density at radius 3 is 2.40 bits per heavy atom. The van der Waals surface area contributed by atoms with Crippen LogP contribution in [0.5, 0.6) is 0 Å². The fourth-order valence-electron chi connectivity index (χ4n) is 2.09. The van der Waals surface area contributed by atoms with Gasteiger partial charge in [-0.2, -0.15) is 0 Å². The molecule has 25 heavy (non-hydrogen) atoms. The summed E-state index contributed by atoms with van der Waals surface area (Å²) in [6.07, 6.45) is 3.43. The number of hydrogen-bond donors (Lipinski definition) is 3. The topological polar surface area (TPSA) is 66.0 Å². The predicted octanol–water partition coefficient (Wildman–Crippen LogP) is 4.52. The van der Waals surface area contributed by atoms with Crippen LogP contribution in [0.1, 0.15) is 5.56 Å².